The first kappa shape index (κ1) is 14.1. The van der Waals surface area contributed by atoms with Crippen LogP contribution in [0.3, 0.4) is 0 Å². The Bertz CT molecular complexity index is 484. The molecule has 0 saturated carbocycles. The summed E-state index contributed by atoms with van der Waals surface area (Å²) in [7, 11) is 0. The van der Waals surface area contributed by atoms with E-state index < -0.39 is 0 Å². The highest BCUT2D eigenvalue weighted by Crippen LogP contribution is 2.25. The lowest BCUT2D eigenvalue weighted by Crippen LogP contribution is -2.44. The molecule has 0 spiro atoms. The van der Waals surface area contributed by atoms with Gasteiger partial charge in [0.2, 0.25) is 5.91 Å². The Balaban J connectivity index is 2.07. The van der Waals surface area contributed by atoms with Gasteiger partial charge in [-0.25, -0.2) is 9.97 Å². The summed E-state index contributed by atoms with van der Waals surface area (Å²) in [6.07, 6.45) is 1.86. The van der Waals surface area contributed by atoms with Crippen LogP contribution in [-0.2, 0) is 4.79 Å². The molecule has 0 aromatic carbocycles. The molecule has 5 nitrogen and oxygen atoms in total. The molecule has 0 unspecified atom stereocenters. The number of nitrogens with one attached hydrogen (secondary N) is 1. The molecule has 0 atom stereocenters. The van der Waals surface area contributed by atoms with Gasteiger partial charge in [-0.15, -0.1) is 0 Å². The largest absolute Gasteiger partial charge is 0.356 e. The van der Waals surface area contributed by atoms with Gasteiger partial charge in [-0.1, -0.05) is 11.6 Å². The lowest BCUT2D eigenvalue weighted by atomic mass is 10.0. The van der Waals surface area contributed by atoms with Gasteiger partial charge in [0.15, 0.2) is 0 Å². The fourth-order valence-electron chi connectivity index (χ4n) is 2.41. The zero-order chi connectivity index (χ0) is 14.0. The molecule has 1 amide bonds. The van der Waals surface area contributed by atoms with Crippen molar-refractivity contribution in [3.63, 3.8) is 0 Å². The standard InChI is InChI=1S/C13H19ClN4O/c1-8-12(14)15-9(2)16-13(8)18-6-4-11(5-7-18)17-10(3)19/h11H,4-7H2,1-3H3,(H,17,19). The summed E-state index contributed by atoms with van der Waals surface area (Å²) in [6.45, 7) is 7.09. The molecule has 1 aliphatic heterocycles. The lowest BCUT2D eigenvalue weighted by Gasteiger charge is -2.33. The summed E-state index contributed by atoms with van der Waals surface area (Å²) in [5.41, 5.74) is 0.922. The summed E-state index contributed by atoms with van der Waals surface area (Å²) < 4.78 is 0. The minimum Gasteiger partial charge on any atom is -0.356 e. The lowest BCUT2D eigenvalue weighted by molar-refractivity contribution is -0.119. The summed E-state index contributed by atoms with van der Waals surface area (Å²) in [5.74, 6) is 1.64. The number of rotatable bonds is 2. The molecule has 104 valence electrons. The molecule has 0 radical (unpaired) electrons. The molecule has 1 fully saturated rings. The number of nitrogens with zero attached hydrogens (tertiary/aromatic N) is 3. The van der Waals surface area contributed by atoms with Crippen LogP contribution in [0.2, 0.25) is 5.15 Å². The molecule has 1 aliphatic rings. The zero-order valence-corrected chi connectivity index (χ0v) is 12.3. The zero-order valence-electron chi connectivity index (χ0n) is 11.5. The molecule has 0 bridgehead atoms. The van der Waals surface area contributed by atoms with E-state index >= 15 is 0 Å². The van der Waals surface area contributed by atoms with Crippen LogP contribution in [0, 0.1) is 13.8 Å². The molecular formula is C13H19ClN4O. The Morgan fingerprint density at radius 3 is 2.53 bits per heavy atom. The minimum atomic E-state index is 0.0376. The van der Waals surface area contributed by atoms with E-state index in [1.54, 1.807) is 6.92 Å². The van der Waals surface area contributed by atoms with Crippen molar-refractivity contribution in [1.82, 2.24) is 15.3 Å². The van der Waals surface area contributed by atoms with Gasteiger partial charge in [0.1, 0.15) is 16.8 Å². The van der Waals surface area contributed by atoms with Crippen LogP contribution in [0.15, 0.2) is 0 Å². The molecule has 1 aromatic heterocycles. The van der Waals surface area contributed by atoms with E-state index in [1.807, 2.05) is 13.8 Å². The highest BCUT2D eigenvalue weighted by Gasteiger charge is 2.22. The molecule has 2 rings (SSSR count). The van der Waals surface area contributed by atoms with Crippen LogP contribution in [0.5, 0.6) is 0 Å². The van der Waals surface area contributed by atoms with Gasteiger partial charge in [-0.3, -0.25) is 4.79 Å². The second-order valence-corrected chi connectivity index (χ2v) is 5.33. The van der Waals surface area contributed by atoms with E-state index in [0.717, 1.165) is 37.3 Å². The fourth-order valence-corrected chi connectivity index (χ4v) is 2.62. The van der Waals surface area contributed by atoms with Crippen LogP contribution in [0.25, 0.3) is 0 Å². The third-order valence-electron chi connectivity index (χ3n) is 3.37. The maximum Gasteiger partial charge on any atom is 0.217 e. The van der Waals surface area contributed by atoms with Crippen LogP contribution >= 0.6 is 11.6 Å². The van der Waals surface area contributed by atoms with Crippen LogP contribution in [0.4, 0.5) is 5.82 Å². The van der Waals surface area contributed by atoms with E-state index in [1.165, 1.54) is 0 Å². The maximum absolute atomic E-state index is 11.0. The number of piperidine rings is 1. The van der Waals surface area contributed by atoms with Crippen molar-refractivity contribution < 1.29 is 4.79 Å². The summed E-state index contributed by atoms with van der Waals surface area (Å²) in [4.78, 5) is 21.9. The number of anilines is 1. The molecule has 6 heteroatoms. The number of hydrogen-bond acceptors (Lipinski definition) is 4. The topological polar surface area (TPSA) is 58.1 Å². The van der Waals surface area contributed by atoms with Gasteiger partial charge in [0, 0.05) is 31.6 Å². The Morgan fingerprint density at radius 1 is 1.32 bits per heavy atom. The number of hydrogen-bond donors (Lipinski definition) is 1. The predicted molar refractivity (Wildman–Crippen MR) is 75.6 cm³/mol. The summed E-state index contributed by atoms with van der Waals surface area (Å²) >= 11 is 6.10. The van der Waals surface area contributed by atoms with Gasteiger partial charge >= 0.3 is 0 Å². The van der Waals surface area contributed by atoms with Crippen LogP contribution < -0.4 is 10.2 Å². The first-order chi connectivity index (χ1) is 8.97. The van der Waals surface area contributed by atoms with Crippen molar-refractivity contribution in [1.29, 1.82) is 0 Å². The summed E-state index contributed by atoms with van der Waals surface area (Å²) in [5, 5.41) is 3.49. The first-order valence-electron chi connectivity index (χ1n) is 6.50. The average molecular weight is 283 g/mol. The number of halogens is 1. The SMILES string of the molecule is CC(=O)NC1CCN(c2nc(C)nc(Cl)c2C)CC1. The number of carbonyl (C=O) groups is 1. The smallest absolute Gasteiger partial charge is 0.217 e. The Hall–Kier alpha value is -1.36. The Kier molecular flexibility index (Phi) is 4.24. The Morgan fingerprint density at radius 2 is 1.95 bits per heavy atom. The van der Waals surface area contributed by atoms with E-state index in [4.69, 9.17) is 11.6 Å². The Labute approximate surface area is 118 Å². The quantitative estimate of drug-likeness (QED) is 0.841. The van der Waals surface area contributed by atoms with Gasteiger partial charge in [-0.05, 0) is 26.7 Å². The van der Waals surface area contributed by atoms with Crippen LogP contribution in [0.1, 0.15) is 31.2 Å². The molecular weight excluding hydrogens is 264 g/mol. The monoisotopic (exact) mass is 282 g/mol. The van der Waals surface area contributed by atoms with Crippen LogP contribution in [-0.4, -0.2) is 35.0 Å². The number of carbonyl (C=O) groups excluding carboxylic acids is 1. The van der Waals surface area contributed by atoms with Crippen molar-refractivity contribution in [2.45, 2.75) is 39.7 Å². The number of aryl methyl sites for hydroxylation is 1. The molecule has 1 saturated heterocycles. The van der Waals surface area contributed by atoms with E-state index in [-0.39, 0.29) is 11.9 Å². The van der Waals surface area contributed by atoms with Gasteiger partial charge in [0.25, 0.3) is 0 Å². The third-order valence-corrected chi connectivity index (χ3v) is 3.74. The van der Waals surface area contributed by atoms with Gasteiger partial charge < -0.3 is 10.2 Å². The van der Waals surface area contributed by atoms with Gasteiger partial charge in [-0.2, -0.15) is 0 Å². The number of aromatic nitrogens is 2. The van der Waals surface area contributed by atoms with E-state index in [2.05, 4.69) is 20.2 Å². The highest BCUT2D eigenvalue weighted by molar-refractivity contribution is 6.30. The van der Waals surface area contributed by atoms with Crippen molar-refractivity contribution in [3.05, 3.63) is 16.5 Å². The van der Waals surface area contributed by atoms with E-state index in [0.29, 0.717) is 11.0 Å². The third kappa shape index (κ3) is 3.35. The van der Waals surface area contributed by atoms with Crippen molar-refractivity contribution >= 4 is 23.3 Å². The molecule has 19 heavy (non-hydrogen) atoms. The summed E-state index contributed by atoms with van der Waals surface area (Å²) in [6, 6.07) is 0.271. The van der Waals surface area contributed by atoms with Gasteiger partial charge in [0.05, 0.1) is 0 Å². The van der Waals surface area contributed by atoms with Crippen molar-refractivity contribution in [2.24, 2.45) is 0 Å². The first-order valence-corrected chi connectivity index (χ1v) is 6.88. The second-order valence-electron chi connectivity index (χ2n) is 4.97. The molecule has 0 aliphatic carbocycles. The normalized spacial score (nSPS) is 16.5. The highest BCUT2D eigenvalue weighted by atomic mass is 35.5. The minimum absolute atomic E-state index is 0.0376. The van der Waals surface area contributed by atoms with Crippen molar-refractivity contribution in [2.75, 3.05) is 18.0 Å². The molecule has 1 aromatic rings. The maximum atomic E-state index is 11.0. The second kappa shape index (κ2) is 5.74. The molecule has 2 heterocycles. The van der Waals surface area contributed by atoms with E-state index in [9.17, 15) is 4.79 Å². The predicted octanol–water partition coefficient (Wildman–Crippen LogP) is 1.85. The number of amides is 1. The van der Waals surface area contributed by atoms with Crippen molar-refractivity contribution in [3.8, 4) is 0 Å². The fraction of sp³-hybridized carbons (Fsp3) is 0.615. The average Bonchev–Trinajstić information content (AvgIpc) is 2.34. The molecule has 1 N–H and O–H groups in total.